The molecule has 1 aliphatic rings. The minimum absolute atomic E-state index is 0. The van der Waals surface area contributed by atoms with E-state index in [-0.39, 0.29) is 24.4 Å². The molecule has 0 saturated carbocycles. The smallest absolute Gasteiger partial charge is 0.238 e. The van der Waals surface area contributed by atoms with Crippen molar-refractivity contribution < 1.29 is 9.53 Å². The van der Waals surface area contributed by atoms with Crippen molar-refractivity contribution in [2.24, 2.45) is 11.7 Å². The number of rotatable bonds is 5. The number of carbonyl (C=O) groups is 1. The average Bonchev–Trinajstić information content (AvgIpc) is 2.48. The lowest BCUT2D eigenvalue weighted by atomic mass is 9.92. The molecule has 1 saturated heterocycles. The van der Waals surface area contributed by atoms with Gasteiger partial charge in [0.2, 0.25) is 5.91 Å². The second kappa shape index (κ2) is 8.98. The summed E-state index contributed by atoms with van der Waals surface area (Å²) < 4.78 is 5.24. The monoisotopic (exact) mass is 327 g/mol. The SMILES string of the molecule is COc1ccccc1NC(=O)CN1CCCC(C(C)N)C1.Cl. The van der Waals surface area contributed by atoms with Crippen LogP contribution >= 0.6 is 12.4 Å². The fourth-order valence-electron chi connectivity index (χ4n) is 2.80. The van der Waals surface area contributed by atoms with E-state index in [0.29, 0.717) is 23.9 Å². The van der Waals surface area contributed by atoms with E-state index in [0.717, 1.165) is 25.9 Å². The minimum atomic E-state index is -0.00942. The van der Waals surface area contributed by atoms with Crippen LogP contribution in [0.15, 0.2) is 24.3 Å². The van der Waals surface area contributed by atoms with E-state index >= 15 is 0 Å². The molecule has 1 amide bonds. The van der Waals surface area contributed by atoms with E-state index < -0.39 is 0 Å². The second-order valence-corrected chi connectivity index (χ2v) is 5.75. The van der Waals surface area contributed by atoms with E-state index in [4.69, 9.17) is 10.5 Å². The summed E-state index contributed by atoms with van der Waals surface area (Å²) >= 11 is 0. The van der Waals surface area contributed by atoms with Gasteiger partial charge in [-0.25, -0.2) is 0 Å². The molecule has 1 aromatic rings. The summed E-state index contributed by atoms with van der Waals surface area (Å²) in [5.74, 6) is 1.15. The molecule has 2 rings (SSSR count). The van der Waals surface area contributed by atoms with Gasteiger partial charge in [0, 0.05) is 12.6 Å². The maximum absolute atomic E-state index is 12.2. The van der Waals surface area contributed by atoms with Crippen LogP contribution in [-0.4, -0.2) is 43.6 Å². The maximum Gasteiger partial charge on any atom is 0.238 e. The Morgan fingerprint density at radius 3 is 2.91 bits per heavy atom. The molecule has 0 bridgehead atoms. The number of carbonyl (C=O) groups excluding carboxylic acids is 1. The largest absolute Gasteiger partial charge is 0.495 e. The Hall–Kier alpha value is -1.30. The first-order chi connectivity index (χ1) is 10.1. The third-order valence-corrected chi connectivity index (χ3v) is 4.03. The molecule has 6 heteroatoms. The van der Waals surface area contributed by atoms with E-state index in [1.807, 2.05) is 31.2 Å². The number of benzene rings is 1. The highest BCUT2D eigenvalue weighted by molar-refractivity contribution is 5.93. The molecule has 2 atom stereocenters. The number of hydrogen-bond acceptors (Lipinski definition) is 4. The molecule has 1 heterocycles. The summed E-state index contributed by atoms with van der Waals surface area (Å²) in [5.41, 5.74) is 6.69. The normalized spacial score (nSPS) is 19.9. The zero-order valence-electron chi connectivity index (χ0n) is 13.2. The number of hydrogen-bond donors (Lipinski definition) is 2. The van der Waals surface area contributed by atoms with E-state index in [9.17, 15) is 4.79 Å². The summed E-state index contributed by atoms with van der Waals surface area (Å²) in [6.07, 6.45) is 2.26. The molecule has 3 N–H and O–H groups in total. The lowest BCUT2D eigenvalue weighted by Crippen LogP contribution is -2.45. The van der Waals surface area contributed by atoms with Crippen molar-refractivity contribution in [3.8, 4) is 5.75 Å². The van der Waals surface area contributed by atoms with Gasteiger partial charge < -0.3 is 15.8 Å². The van der Waals surface area contributed by atoms with Crippen LogP contribution in [0.25, 0.3) is 0 Å². The van der Waals surface area contributed by atoms with Gasteiger partial charge in [-0.2, -0.15) is 0 Å². The predicted molar refractivity (Wildman–Crippen MR) is 91.7 cm³/mol. The van der Waals surface area contributed by atoms with Crippen LogP contribution in [0.4, 0.5) is 5.69 Å². The lowest BCUT2D eigenvalue weighted by molar-refractivity contribution is -0.117. The van der Waals surface area contributed by atoms with Gasteiger partial charge in [-0.05, 0) is 44.4 Å². The van der Waals surface area contributed by atoms with Crippen molar-refractivity contribution in [3.05, 3.63) is 24.3 Å². The standard InChI is InChI=1S/C16H25N3O2.ClH/c1-12(17)13-6-5-9-19(10-13)11-16(20)18-14-7-3-4-8-15(14)21-2;/h3-4,7-8,12-13H,5-6,9-11,17H2,1-2H3,(H,18,20);1H. The molecule has 0 aromatic heterocycles. The Morgan fingerprint density at radius 1 is 1.50 bits per heavy atom. The summed E-state index contributed by atoms with van der Waals surface area (Å²) in [6, 6.07) is 7.63. The van der Waals surface area contributed by atoms with Crippen LogP contribution in [0.3, 0.4) is 0 Å². The summed E-state index contributed by atoms with van der Waals surface area (Å²) in [7, 11) is 1.60. The summed E-state index contributed by atoms with van der Waals surface area (Å²) in [6.45, 7) is 4.31. The van der Waals surface area contributed by atoms with Crippen LogP contribution in [0.5, 0.6) is 5.75 Å². The molecular formula is C16H26ClN3O2. The number of likely N-dealkylation sites (tertiary alicyclic amines) is 1. The Kier molecular flexibility index (Phi) is 7.65. The van der Waals surface area contributed by atoms with Crippen molar-refractivity contribution in [1.29, 1.82) is 0 Å². The van der Waals surface area contributed by atoms with Crippen molar-refractivity contribution in [2.45, 2.75) is 25.8 Å². The highest BCUT2D eigenvalue weighted by Crippen LogP contribution is 2.23. The first kappa shape index (κ1) is 18.7. The van der Waals surface area contributed by atoms with E-state index in [1.54, 1.807) is 7.11 Å². The number of ether oxygens (including phenoxy) is 1. The summed E-state index contributed by atoms with van der Waals surface area (Å²) in [5, 5.41) is 2.92. The Balaban J connectivity index is 0.00000242. The molecule has 0 spiro atoms. The fraction of sp³-hybridized carbons (Fsp3) is 0.562. The van der Waals surface area contributed by atoms with Gasteiger partial charge in [0.1, 0.15) is 5.75 Å². The number of nitrogens with two attached hydrogens (primary N) is 1. The number of amides is 1. The number of nitrogens with zero attached hydrogens (tertiary/aromatic N) is 1. The Labute approximate surface area is 138 Å². The number of piperidine rings is 1. The first-order valence-electron chi connectivity index (χ1n) is 7.51. The van der Waals surface area contributed by atoms with Gasteiger partial charge in [-0.1, -0.05) is 12.1 Å². The highest BCUT2D eigenvalue weighted by atomic mass is 35.5. The zero-order valence-corrected chi connectivity index (χ0v) is 14.1. The molecule has 1 aromatic carbocycles. The third kappa shape index (κ3) is 5.16. The third-order valence-electron chi connectivity index (χ3n) is 4.03. The number of para-hydroxylation sites is 2. The van der Waals surface area contributed by atoms with Gasteiger partial charge >= 0.3 is 0 Å². The van der Waals surface area contributed by atoms with Crippen LogP contribution in [0.1, 0.15) is 19.8 Å². The van der Waals surface area contributed by atoms with Crippen LogP contribution < -0.4 is 15.8 Å². The predicted octanol–water partition coefficient (Wildman–Crippen LogP) is 2.11. The first-order valence-corrected chi connectivity index (χ1v) is 7.51. The second-order valence-electron chi connectivity index (χ2n) is 5.75. The van der Waals surface area contributed by atoms with Gasteiger partial charge in [0.15, 0.2) is 0 Å². The van der Waals surface area contributed by atoms with Crippen molar-refractivity contribution in [1.82, 2.24) is 4.90 Å². The van der Waals surface area contributed by atoms with Gasteiger partial charge in [0.05, 0.1) is 19.3 Å². The molecule has 1 aliphatic heterocycles. The fourth-order valence-corrected chi connectivity index (χ4v) is 2.80. The van der Waals surface area contributed by atoms with Crippen LogP contribution in [0.2, 0.25) is 0 Å². The van der Waals surface area contributed by atoms with Gasteiger partial charge in [0.25, 0.3) is 0 Å². The van der Waals surface area contributed by atoms with E-state index in [1.165, 1.54) is 0 Å². The van der Waals surface area contributed by atoms with Crippen molar-refractivity contribution in [2.75, 3.05) is 32.1 Å². The highest BCUT2D eigenvalue weighted by Gasteiger charge is 2.24. The molecule has 1 fully saturated rings. The number of methoxy groups -OCH3 is 1. The van der Waals surface area contributed by atoms with Crippen molar-refractivity contribution >= 4 is 24.0 Å². The quantitative estimate of drug-likeness (QED) is 0.869. The molecule has 22 heavy (non-hydrogen) atoms. The average molecular weight is 328 g/mol. The maximum atomic E-state index is 12.2. The molecule has 124 valence electrons. The Bertz CT molecular complexity index is 482. The van der Waals surface area contributed by atoms with Gasteiger partial charge in [-0.3, -0.25) is 9.69 Å². The zero-order chi connectivity index (χ0) is 15.2. The number of halogens is 1. The molecular weight excluding hydrogens is 302 g/mol. The number of nitrogens with one attached hydrogen (secondary N) is 1. The van der Waals surface area contributed by atoms with Crippen LogP contribution in [0, 0.1) is 5.92 Å². The molecule has 0 radical (unpaired) electrons. The summed E-state index contributed by atoms with van der Waals surface area (Å²) in [4.78, 5) is 14.4. The minimum Gasteiger partial charge on any atom is -0.495 e. The topological polar surface area (TPSA) is 67.6 Å². The molecule has 2 unspecified atom stereocenters. The van der Waals surface area contributed by atoms with Gasteiger partial charge in [-0.15, -0.1) is 12.4 Å². The number of anilines is 1. The lowest BCUT2D eigenvalue weighted by Gasteiger charge is -2.34. The molecule has 0 aliphatic carbocycles. The van der Waals surface area contributed by atoms with Crippen molar-refractivity contribution in [3.63, 3.8) is 0 Å². The molecule has 5 nitrogen and oxygen atoms in total. The van der Waals surface area contributed by atoms with E-state index in [2.05, 4.69) is 10.2 Å². The van der Waals surface area contributed by atoms with Crippen LogP contribution in [-0.2, 0) is 4.79 Å². The Morgan fingerprint density at radius 2 is 2.23 bits per heavy atom.